The highest BCUT2D eigenvalue weighted by molar-refractivity contribution is 5.45. The molecule has 0 saturated heterocycles. The first kappa shape index (κ1) is 19.8. The van der Waals surface area contributed by atoms with Gasteiger partial charge in [0.05, 0.1) is 0 Å². The van der Waals surface area contributed by atoms with Gasteiger partial charge in [0, 0.05) is 5.41 Å². The van der Waals surface area contributed by atoms with E-state index in [1.807, 2.05) is 36.4 Å². The third-order valence-electron chi connectivity index (χ3n) is 5.49. The predicted octanol–water partition coefficient (Wildman–Crippen LogP) is 5.91. The van der Waals surface area contributed by atoms with Crippen LogP contribution in [-0.4, -0.2) is 15.3 Å². The van der Waals surface area contributed by atoms with Crippen molar-refractivity contribution in [2.45, 2.75) is 44.4 Å². The van der Waals surface area contributed by atoms with E-state index in [-0.39, 0.29) is 22.7 Å². The molecule has 0 atom stereocenters. The Balaban J connectivity index is 2.12. The van der Waals surface area contributed by atoms with Crippen molar-refractivity contribution in [3.8, 4) is 17.2 Å². The summed E-state index contributed by atoms with van der Waals surface area (Å²) in [6.07, 6.45) is 5.09. The highest BCUT2D eigenvalue weighted by atomic mass is 16.3. The van der Waals surface area contributed by atoms with E-state index in [0.29, 0.717) is 0 Å². The second kappa shape index (κ2) is 8.83. The molecule has 0 fully saturated rings. The number of hydrogen-bond donors (Lipinski definition) is 3. The van der Waals surface area contributed by atoms with Crippen LogP contribution in [0, 0.1) is 0 Å². The van der Waals surface area contributed by atoms with Gasteiger partial charge >= 0.3 is 0 Å². The molecule has 0 aromatic heterocycles. The molecule has 0 bridgehead atoms. The number of phenols is 3. The number of rotatable bonds is 8. The Bertz CT molecular complexity index is 820. The first-order valence-corrected chi connectivity index (χ1v) is 9.90. The smallest absolute Gasteiger partial charge is 0.115 e. The summed E-state index contributed by atoms with van der Waals surface area (Å²) in [6.45, 7) is 2.20. The van der Waals surface area contributed by atoms with Gasteiger partial charge in [-0.05, 0) is 65.9 Å². The van der Waals surface area contributed by atoms with Crippen molar-refractivity contribution in [1.29, 1.82) is 0 Å². The Morgan fingerprint density at radius 2 is 1.04 bits per heavy atom. The maximum Gasteiger partial charge on any atom is 0.115 e. The van der Waals surface area contributed by atoms with Crippen LogP contribution in [0.2, 0.25) is 0 Å². The van der Waals surface area contributed by atoms with Crippen LogP contribution in [-0.2, 0) is 11.8 Å². The fraction of sp³-hybridized carbons (Fsp3) is 0.280. The highest BCUT2D eigenvalue weighted by Crippen LogP contribution is 2.41. The minimum atomic E-state index is -0.284. The molecule has 0 saturated carbocycles. The molecule has 28 heavy (non-hydrogen) atoms. The first-order chi connectivity index (χ1) is 13.5. The molecule has 3 N–H and O–H groups in total. The molecular weight excluding hydrogens is 348 g/mol. The van der Waals surface area contributed by atoms with Crippen LogP contribution in [0.3, 0.4) is 0 Å². The average molecular weight is 376 g/mol. The van der Waals surface area contributed by atoms with Gasteiger partial charge in [-0.3, -0.25) is 0 Å². The van der Waals surface area contributed by atoms with Crippen molar-refractivity contribution < 1.29 is 15.3 Å². The van der Waals surface area contributed by atoms with E-state index in [2.05, 4.69) is 6.92 Å². The lowest BCUT2D eigenvalue weighted by atomic mass is 9.67. The lowest BCUT2D eigenvalue weighted by molar-refractivity contribution is 0.436. The van der Waals surface area contributed by atoms with E-state index in [0.717, 1.165) is 48.8 Å². The molecule has 3 nitrogen and oxygen atoms in total. The lowest BCUT2D eigenvalue weighted by Gasteiger charge is -2.36. The Morgan fingerprint density at radius 3 is 1.46 bits per heavy atom. The molecule has 146 valence electrons. The fourth-order valence-electron chi connectivity index (χ4n) is 3.95. The fourth-order valence-corrected chi connectivity index (χ4v) is 3.95. The number of hydrogen-bond acceptors (Lipinski definition) is 3. The highest BCUT2D eigenvalue weighted by Gasteiger charge is 2.34. The molecule has 3 heteroatoms. The van der Waals surface area contributed by atoms with Gasteiger partial charge in [0.15, 0.2) is 0 Å². The first-order valence-electron chi connectivity index (χ1n) is 9.90. The molecule has 0 unspecified atom stereocenters. The van der Waals surface area contributed by atoms with Gasteiger partial charge in [-0.15, -0.1) is 0 Å². The Kier molecular flexibility index (Phi) is 6.25. The summed E-state index contributed by atoms with van der Waals surface area (Å²) < 4.78 is 0. The topological polar surface area (TPSA) is 60.7 Å². The summed E-state index contributed by atoms with van der Waals surface area (Å²) in [6, 6.07) is 22.3. The standard InChI is InChI=1S/C25H28O3/c1-2-3-4-17-25(20-7-13-23(27)14-8-20,21-9-15-24(28)16-10-21)18-19-5-11-22(26)12-6-19/h5-16,26-28H,2-4,17-18H2,1H3. The summed E-state index contributed by atoms with van der Waals surface area (Å²) in [5.74, 6) is 0.762. The normalized spacial score (nSPS) is 11.5. The zero-order valence-corrected chi connectivity index (χ0v) is 16.3. The van der Waals surface area contributed by atoms with E-state index in [1.165, 1.54) is 0 Å². The molecule has 0 radical (unpaired) electrons. The van der Waals surface area contributed by atoms with Crippen molar-refractivity contribution in [3.05, 3.63) is 89.5 Å². The van der Waals surface area contributed by atoms with Crippen molar-refractivity contribution in [3.63, 3.8) is 0 Å². The summed E-state index contributed by atoms with van der Waals surface area (Å²) >= 11 is 0. The maximum absolute atomic E-state index is 9.80. The summed E-state index contributed by atoms with van der Waals surface area (Å²) in [5, 5.41) is 29.3. The molecule has 0 aliphatic carbocycles. The zero-order valence-electron chi connectivity index (χ0n) is 16.3. The minimum absolute atomic E-state index is 0.251. The van der Waals surface area contributed by atoms with Gasteiger partial charge in [0.2, 0.25) is 0 Å². The van der Waals surface area contributed by atoms with Gasteiger partial charge < -0.3 is 15.3 Å². The van der Waals surface area contributed by atoms with Crippen LogP contribution >= 0.6 is 0 Å². The average Bonchev–Trinajstić information content (AvgIpc) is 2.70. The molecule has 0 aliphatic rings. The van der Waals surface area contributed by atoms with Gasteiger partial charge in [0.1, 0.15) is 17.2 Å². The Morgan fingerprint density at radius 1 is 0.607 bits per heavy atom. The number of benzene rings is 3. The Labute approximate surface area is 166 Å². The number of phenolic OH excluding ortho intramolecular Hbond substituents is 3. The second-order valence-electron chi connectivity index (χ2n) is 7.48. The van der Waals surface area contributed by atoms with Crippen LogP contribution in [0.1, 0.15) is 49.3 Å². The zero-order chi connectivity index (χ0) is 20.0. The van der Waals surface area contributed by atoms with Crippen molar-refractivity contribution in [1.82, 2.24) is 0 Å². The summed E-state index contributed by atoms with van der Waals surface area (Å²) in [4.78, 5) is 0. The van der Waals surface area contributed by atoms with Crippen LogP contribution in [0.4, 0.5) is 0 Å². The third kappa shape index (κ3) is 4.48. The molecule has 3 aromatic carbocycles. The second-order valence-corrected chi connectivity index (χ2v) is 7.48. The molecule has 0 aliphatic heterocycles. The van der Waals surface area contributed by atoms with Gasteiger partial charge in [0.25, 0.3) is 0 Å². The summed E-state index contributed by atoms with van der Waals surface area (Å²) in [7, 11) is 0. The van der Waals surface area contributed by atoms with Crippen LogP contribution < -0.4 is 0 Å². The molecule has 3 aromatic rings. The van der Waals surface area contributed by atoms with Gasteiger partial charge in [-0.1, -0.05) is 62.6 Å². The van der Waals surface area contributed by atoms with Crippen molar-refractivity contribution >= 4 is 0 Å². The van der Waals surface area contributed by atoms with Crippen molar-refractivity contribution in [2.24, 2.45) is 0 Å². The van der Waals surface area contributed by atoms with Crippen LogP contribution in [0.25, 0.3) is 0 Å². The van der Waals surface area contributed by atoms with E-state index in [1.54, 1.807) is 36.4 Å². The number of unbranched alkanes of at least 4 members (excludes halogenated alkanes) is 2. The van der Waals surface area contributed by atoms with Crippen molar-refractivity contribution in [2.75, 3.05) is 0 Å². The van der Waals surface area contributed by atoms with Crippen LogP contribution in [0.5, 0.6) is 17.2 Å². The molecule has 0 spiro atoms. The van der Waals surface area contributed by atoms with E-state index >= 15 is 0 Å². The van der Waals surface area contributed by atoms with E-state index < -0.39 is 0 Å². The largest absolute Gasteiger partial charge is 0.508 e. The predicted molar refractivity (Wildman–Crippen MR) is 113 cm³/mol. The number of aromatic hydroxyl groups is 3. The SMILES string of the molecule is CCCCCC(Cc1ccc(O)cc1)(c1ccc(O)cc1)c1ccc(O)cc1. The molecule has 0 heterocycles. The van der Waals surface area contributed by atoms with Crippen LogP contribution in [0.15, 0.2) is 72.8 Å². The molecular formula is C25H28O3. The quantitative estimate of drug-likeness (QED) is 0.428. The summed E-state index contributed by atoms with van der Waals surface area (Å²) in [5.41, 5.74) is 3.13. The molecule has 3 rings (SSSR count). The van der Waals surface area contributed by atoms with E-state index in [9.17, 15) is 15.3 Å². The van der Waals surface area contributed by atoms with E-state index in [4.69, 9.17) is 0 Å². The monoisotopic (exact) mass is 376 g/mol. The van der Waals surface area contributed by atoms with Gasteiger partial charge in [-0.25, -0.2) is 0 Å². The third-order valence-corrected chi connectivity index (χ3v) is 5.49. The minimum Gasteiger partial charge on any atom is -0.508 e. The lowest BCUT2D eigenvalue weighted by Crippen LogP contribution is -2.30. The Hall–Kier alpha value is -2.94. The van der Waals surface area contributed by atoms with Gasteiger partial charge in [-0.2, -0.15) is 0 Å². The maximum atomic E-state index is 9.80. The molecule has 0 amide bonds.